The van der Waals surface area contributed by atoms with E-state index in [1.165, 1.54) is 12.8 Å². The van der Waals surface area contributed by atoms with Crippen molar-refractivity contribution in [3.8, 4) is 34.3 Å². The number of piperidine rings is 1. The number of nitrogens with zero attached hydrogens (tertiary/aromatic N) is 5. The smallest absolute Gasteiger partial charge is 0.254 e. The Balaban J connectivity index is 1.15. The van der Waals surface area contributed by atoms with Crippen LogP contribution in [0.25, 0.3) is 44.8 Å². The van der Waals surface area contributed by atoms with E-state index in [0.29, 0.717) is 53.8 Å². The maximum absolute atomic E-state index is 13.8. The normalized spacial score (nSPS) is 21.6. The number of carbonyl (C=O) groups excluding carboxylic acids is 2. The molecule has 2 aliphatic carbocycles. The second kappa shape index (κ2) is 10.8. The van der Waals surface area contributed by atoms with Crippen molar-refractivity contribution >= 4 is 39.6 Å². The van der Waals surface area contributed by atoms with Gasteiger partial charge in [-0.1, -0.05) is 0 Å². The van der Waals surface area contributed by atoms with Gasteiger partial charge in [-0.25, -0.2) is 9.97 Å². The zero-order valence-electron chi connectivity index (χ0n) is 27.5. The van der Waals surface area contributed by atoms with E-state index in [1.54, 1.807) is 14.2 Å². The van der Waals surface area contributed by atoms with Gasteiger partial charge in [0.15, 0.2) is 5.82 Å². The highest BCUT2D eigenvalue weighted by atomic mass is 16.5. The molecule has 11 nitrogen and oxygen atoms in total. The number of carbonyl (C=O) groups is 2. The van der Waals surface area contributed by atoms with E-state index < -0.39 is 0 Å². The van der Waals surface area contributed by atoms with Crippen LogP contribution in [0.4, 0.5) is 5.69 Å². The summed E-state index contributed by atoms with van der Waals surface area (Å²) < 4.78 is 16.0. The average Bonchev–Trinajstić information content (AvgIpc) is 3.50. The highest BCUT2D eigenvalue weighted by Gasteiger charge is 2.47. The number of anilines is 1. The Hall–Kier alpha value is -4.90. The summed E-state index contributed by atoms with van der Waals surface area (Å²) in [6.07, 6.45) is 5.57. The van der Waals surface area contributed by atoms with Crippen LogP contribution in [0.2, 0.25) is 0 Å². The number of nitrogens with two attached hydrogens (primary N) is 1. The predicted octanol–water partition coefficient (Wildman–Crippen LogP) is 5.13. The van der Waals surface area contributed by atoms with Gasteiger partial charge in [-0.05, 0) is 85.9 Å². The van der Waals surface area contributed by atoms with Crippen molar-refractivity contribution in [1.82, 2.24) is 24.0 Å². The molecular formula is C37H39N7O4. The SMILES string of the molecule is COc1cc2c(cc1-c1ccc3cc(-c4nc5cc(C(=O)N6CC7CCC6[C@@H]7N)cc(OC)c5n4C)n(CC4CC4)c3n1)CCC(=O)N2. The third kappa shape index (κ3) is 4.51. The van der Waals surface area contributed by atoms with E-state index in [1.807, 2.05) is 36.2 Å². The molecule has 1 saturated heterocycles. The lowest BCUT2D eigenvalue weighted by atomic mass is 9.98. The summed E-state index contributed by atoms with van der Waals surface area (Å²) in [6, 6.07) is 14.2. The van der Waals surface area contributed by atoms with Crippen LogP contribution >= 0.6 is 0 Å². The highest BCUT2D eigenvalue weighted by Crippen LogP contribution is 2.42. The number of imidazole rings is 1. The molecule has 48 heavy (non-hydrogen) atoms. The number of ether oxygens (including phenoxy) is 2. The van der Waals surface area contributed by atoms with Gasteiger partial charge in [0.2, 0.25) is 5.91 Å². The fourth-order valence-corrected chi connectivity index (χ4v) is 8.25. The molecule has 0 spiro atoms. The van der Waals surface area contributed by atoms with E-state index in [0.717, 1.165) is 70.0 Å². The molecule has 5 heterocycles. The van der Waals surface area contributed by atoms with E-state index in [9.17, 15) is 9.59 Å². The molecule has 3 atom stereocenters. The zero-order valence-corrected chi connectivity index (χ0v) is 27.5. The third-order valence-electron chi connectivity index (χ3n) is 11.0. The van der Waals surface area contributed by atoms with Gasteiger partial charge in [-0.3, -0.25) is 9.59 Å². The average molecular weight is 646 g/mol. The summed E-state index contributed by atoms with van der Waals surface area (Å²) in [4.78, 5) is 38.2. The maximum Gasteiger partial charge on any atom is 0.254 e. The topological polar surface area (TPSA) is 130 Å². The molecule has 2 saturated carbocycles. The summed E-state index contributed by atoms with van der Waals surface area (Å²) in [5, 5.41) is 3.99. The van der Waals surface area contributed by atoms with Crippen molar-refractivity contribution in [3.63, 3.8) is 0 Å². The molecule has 9 rings (SSSR count). The quantitative estimate of drug-likeness (QED) is 0.251. The lowest BCUT2D eigenvalue weighted by Crippen LogP contribution is -2.41. The number of aryl methyl sites for hydroxylation is 2. The summed E-state index contributed by atoms with van der Waals surface area (Å²) in [7, 11) is 5.29. The lowest BCUT2D eigenvalue weighted by Gasteiger charge is -2.27. The van der Waals surface area contributed by atoms with Crippen molar-refractivity contribution < 1.29 is 19.1 Å². The number of hydrogen-bond acceptors (Lipinski definition) is 7. The first-order valence-corrected chi connectivity index (χ1v) is 16.9. The third-order valence-corrected chi connectivity index (χ3v) is 11.0. The molecule has 5 aromatic rings. The van der Waals surface area contributed by atoms with Gasteiger partial charge in [0.05, 0.1) is 31.1 Å². The fourth-order valence-electron chi connectivity index (χ4n) is 8.25. The Labute approximate surface area is 278 Å². The molecule has 2 bridgehead atoms. The minimum absolute atomic E-state index is 0.00961. The summed E-state index contributed by atoms with van der Waals surface area (Å²) in [5.41, 5.74) is 14.0. The Bertz CT molecular complexity index is 2160. The molecule has 2 aromatic carbocycles. The van der Waals surface area contributed by atoms with Crippen molar-refractivity contribution in [1.29, 1.82) is 0 Å². The van der Waals surface area contributed by atoms with Crippen LogP contribution in [-0.4, -0.2) is 68.7 Å². The molecule has 0 radical (unpaired) electrons. The predicted molar refractivity (Wildman–Crippen MR) is 183 cm³/mol. The molecule has 3 N–H and O–H groups in total. The molecule has 3 aromatic heterocycles. The molecule has 2 unspecified atom stereocenters. The van der Waals surface area contributed by atoms with Gasteiger partial charge in [0.1, 0.15) is 22.7 Å². The lowest BCUT2D eigenvalue weighted by molar-refractivity contribution is -0.116. The Kier molecular flexibility index (Phi) is 6.59. The minimum Gasteiger partial charge on any atom is -0.496 e. The summed E-state index contributed by atoms with van der Waals surface area (Å²) in [5.74, 6) is 3.05. The largest absolute Gasteiger partial charge is 0.496 e. The van der Waals surface area contributed by atoms with Crippen molar-refractivity contribution in [2.45, 2.75) is 57.2 Å². The number of methoxy groups -OCH3 is 2. The monoisotopic (exact) mass is 645 g/mol. The van der Waals surface area contributed by atoms with Crippen LogP contribution in [0.15, 0.2) is 42.5 Å². The number of likely N-dealkylation sites (tertiary alicyclic amines) is 1. The summed E-state index contributed by atoms with van der Waals surface area (Å²) in [6.45, 7) is 1.55. The van der Waals surface area contributed by atoms with Gasteiger partial charge >= 0.3 is 0 Å². The molecule has 3 fully saturated rings. The molecular weight excluding hydrogens is 606 g/mol. The highest BCUT2D eigenvalue weighted by molar-refractivity contribution is 6.01. The van der Waals surface area contributed by atoms with Crippen LogP contribution in [0.5, 0.6) is 11.5 Å². The second-order valence-corrected chi connectivity index (χ2v) is 13.9. The number of hydrogen-bond donors (Lipinski definition) is 2. The first kappa shape index (κ1) is 29.3. The van der Waals surface area contributed by atoms with Crippen LogP contribution in [0, 0.1) is 11.8 Å². The Morgan fingerprint density at radius 3 is 2.56 bits per heavy atom. The van der Waals surface area contributed by atoms with Crippen molar-refractivity contribution in [2.75, 3.05) is 26.1 Å². The number of benzene rings is 2. The minimum atomic E-state index is -0.00961. The van der Waals surface area contributed by atoms with Crippen LogP contribution < -0.4 is 20.5 Å². The molecule has 246 valence electrons. The standard InChI is InChI=1S/C37H39N7O4/c1-42-34-27(13-23(15-31(34)48-3)37(46)44-18-22-7-10-28(44)33(22)38)41-36(42)29-14-21-6-9-25(40-35(21)43(29)17-19-4-5-19)24-12-20-8-11-32(45)39-26(20)16-30(24)47-2/h6,9,12-16,19,22,28,33H,4-5,7-8,10-11,17-18,38H2,1-3H3,(H,39,45)/t22?,28?,33-/m1/s1. The van der Waals surface area contributed by atoms with E-state index in [-0.39, 0.29) is 23.9 Å². The number of rotatable bonds is 7. The molecule has 11 heteroatoms. The number of fused-ring (bicyclic) bond motifs is 5. The maximum atomic E-state index is 13.8. The van der Waals surface area contributed by atoms with Gasteiger partial charge in [0.25, 0.3) is 5.91 Å². The molecule has 4 aliphatic rings. The Morgan fingerprint density at radius 2 is 1.83 bits per heavy atom. The van der Waals surface area contributed by atoms with E-state index in [2.05, 4.69) is 32.7 Å². The summed E-state index contributed by atoms with van der Waals surface area (Å²) >= 11 is 0. The van der Waals surface area contributed by atoms with Crippen LogP contribution in [0.1, 0.15) is 48.0 Å². The number of nitrogens with one attached hydrogen (secondary N) is 1. The molecule has 2 aliphatic heterocycles. The van der Waals surface area contributed by atoms with Gasteiger partial charge < -0.3 is 34.6 Å². The van der Waals surface area contributed by atoms with E-state index in [4.69, 9.17) is 25.2 Å². The van der Waals surface area contributed by atoms with E-state index >= 15 is 0 Å². The number of pyridine rings is 1. The molecule has 2 amide bonds. The van der Waals surface area contributed by atoms with Gasteiger partial charge in [0, 0.05) is 66.9 Å². The van der Waals surface area contributed by atoms with Crippen molar-refractivity contribution in [2.24, 2.45) is 24.6 Å². The number of amides is 2. The Morgan fingerprint density at radius 1 is 1.00 bits per heavy atom. The second-order valence-electron chi connectivity index (χ2n) is 13.9. The van der Waals surface area contributed by atoms with Crippen molar-refractivity contribution in [3.05, 3.63) is 53.6 Å². The van der Waals surface area contributed by atoms with Gasteiger partial charge in [-0.2, -0.15) is 0 Å². The zero-order chi connectivity index (χ0) is 32.8. The fraction of sp³-hybridized carbons (Fsp3) is 0.405. The first-order chi connectivity index (χ1) is 23.3. The van der Waals surface area contributed by atoms with Crippen LogP contribution in [-0.2, 0) is 24.8 Å². The first-order valence-electron chi connectivity index (χ1n) is 16.9. The number of aromatic nitrogens is 4. The van der Waals surface area contributed by atoms with Gasteiger partial charge in [-0.15, -0.1) is 0 Å². The van der Waals surface area contributed by atoms with Crippen LogP contribution in [0.3, 0.4) is 0 Å².